The molecule has 1 aromatic carbocycles. The molecule has 1 saturated heterocycles. The number of aromatic nitrogens is 1. The summed E-state index contributed by atoms with van der Waals surface area (Å²) in [7, 11) is 0. The molecular weight excluding hydrogens is 457 g/mol. The van der Waals surface area contributed by atoms with Crippen LogP contribution in [0.4, 0.5) is 13.2 Å². The van der Waals surface area contributed by atoms with Crippen molar-refractivity contribution in [1.29, 1.82) is 0 Å². The lowest BCUT2D eigenvalue weighted by atomic mass is 9.95. The number of Topliss-reactive ketones (excluding diaryl/α,β-unsaturated/α-hetero) is 1. The van der Waals surface area contributed by atoms with Gasteiger partial charge in [0, 0.05) is 24.3 Å². The first-order chi connectivity index (χ1) is 16.0. The molecule has 1 fully saturated rings. The van der Waals surface area contributed by atoms with Crippen molar-refractivity contribution in [2.24, 2.45) is 5.92 Å². The van der Waals surface area contributed by atoms with Gasteiger partial charge in [0.25, 0.3) is 5.91 Å². The summed E-state index contributed by atoms with van der Waals surface area (Å²) in [6.07, 6.45) is -0.793. The van der Waals surface area contributed by atoms with Gasteiger partial charge in [-0.05, 0) is 31.9 Å². The zero-order valence-corrected chi connectivity index (χ0v) is 18.3. The van der Waals surface area contributed by atoms with Gasteiger partial charge in [-0.15, -0.1) is 0 Å². The highest BCUT2D eigenvalue weighted by molar-refractivity contribution is 6.01. The Hall–Kier alpha value is -3.41. The smallest absolute Gasteiger partial charge is 0.268 e. The maximum atomic E-state index is 13.9. The number of benzene rings is 1. The molecule has 1 aliphatic rings. The third kappa shape index (κ3) is 6.13. The van der Waals surface area contributed by atoms with Gasteiger partial charge < -0.3 is 26.0 Å². The Morgan fingerprint density at radius 2 is 1.97 bits per heavy atom. The summed E-state index contributed by atoms with van der Waals surface area (Å²) >= 11 is 0. The van der Waals surface area contributed by atoms with E-state index in [1.807, 2.05) is 0 Å². The molecule has 0 saturated carbocycles. The molecule has 1 aromatic heterocycles. The number of fused-ring (bicyclic) bond motifs is 1. The predicted molar refractivity (Wildman–Crippen MR) is 115 cm³/mol. The standard InChI is InChI=1S/C22H25F3N4O5/c1-22(24,25)9-16(29-20(33)15-7-11-3-2-4-13(23)18(11)27-15)21(34)28-14(17(31)10-30)8-12-5-6-26-19(12)32/h2-4,7,12,14,16,27,30H,5-6,8-10H2,1H3,(H,26,32)(H,28,34)(H,29,33)/t12-,14-,16-/m0/s1. The zero-order chi connectivity index (χ0) is 25.0. The van der Waals surface area contributed by atoms with Crippen LogP contribution >= 0.6 is 0 Å². The lowest BCUT2D eigenvalue weighted by Gasteiger charge is -2.25. The van der Waals surface area contributed by atoms with Crippen LogP contribution < -0.4 is 16.0 Å². The number of aliphatic hydroxyl groups is 1. The predicted octanol–water partition coefficient (Wildman–Crippen LogP) is 1.02. The first-order valence-electron chi connectivity index (χ1n) is 10.7. The molecule has 9 nitrogen and oxygen atoms in total. The molecule has 0 unspecified atom stereocenters. The van der Waals surface area contributed by atoms with Crippen molar-refractivity contribution in [2.45, 2.75) is 44.2 Å². The Balaban J connectivity index is 1.78. The van der Waals surface area contributed by atoms with Gasteiger partial charge >= 0.3 is 0 Å². The number of alkyl halides is 2. The van der Waals surface area contributed by atoms with Crippen molar-refractivity contribution in [3.63, 3.8) is 0 Å². The average Bonchev–Trinajstić information content (AvgIpc) is 3.38. The summed E-state index contributed by atoms with van der Waals surface area (Å²) in [6.45, 7) is 0.0289. The highest BCUT2D eigenvalue weighted by Gasteiger charge is 2.36. The number of rotatable bonds is 10. The summed E-state index contributed by atoms with van der Waals surface area (Å²) < 4.78 is 41.5. The van der Waals surface area contributed by atoms with E-state index in [1.165, 1.54) is 18.2 Å². The Labute approximate surface area is 192 Å². The molecule has 2 heterocycles. The number of nitrogens with one attached hydrogen (secondary N) is 4. The molecular formula is C22H25F3N4O5. The second-order valence-corrected chi connectivity index (χ2v) is 8.39. The van der Waals surface area contributed by atoms with Crippen LogP contribution in [0.15, 0.2) is 24.3 Å². The number of carbonyl (C=O) groups is 4. The minimum absolute atomic E-state index is 0.0397. The summed E-state index contributed by atoms with van der Waals surface area (Å²) in [5, 5.41) is 16.7. The number of para-hydroxylation sites is 1. The summed E-state index contributed by atoms with van der Waals surface area (Å²) in [5.41, 5.74) is -0.110. The van der Waals surface area contributed by atoms with E-state index in [4.69, 9.17) is 0 Å². The normalized spacial score (nSPS) is 17.8. The van der Waals surface area contributed by atoms with Crippen LogP contribution in [0.1, 0.15) is 36.7 Å². The Kier molecular flexibility index (Phi) is 7.60. The van der Waals surface area contributed by atoms with Crippen molar-refractivity contribution in [1.82, 2.24) is 20.9 Å². The van der Waals surface area contributed by atoms with Crippen molar-refractivity contribution in [3.8, 4) is 0 Å². The van der Waals surface area contributed by atoms with E-state index in [0.29, 0.717) is 25.3 Å². The van der Waals surface area contributed by atoms with Gasteiger partial charge in [0.2, 0.25) is 17.7 Å². The topological polar surface area (TPSA) is 140 Å². The van der Waals surface area contributed by atoms with E-state index in [0.717, 1.165) is 0 Å². The van der Waals surface area contributed by atoms with Crippen molar-refractivity contribution < 1.29 is 37.5 Å². The number of halogens is 3. The zero-order valence-electron chi connectivity index (χ0n) is 18.3. The fourth-order valence-electron chi connectivity index (χ4n) is 3.85. The maximum absolute atomic E-state index is 13.9. The van der Waals surface area contributed by atoms with Gasteiger partial charge in [-0.25, -0.2) is 13.2 Å². The molecule has 2 aromatic rings. The first-order valence-corrected chi connectivity index (χ1v) is 10.7. The molecule has 34 heavy (non-hydrogen) atoms. The van der Waals surface area contributed by atoms with Crippen molar-refractivity contribution >= 4 is 34.4 Å². The summed E-state index contributed by atoms with van der Waals surface area (Å²) in [5.74, 6) is -7.70. The number of aromatic amines is 1. The lowest BCUT2D eigenvalue weighted by molar-refractivity contribution is -0.132. The highest BCUT2D eigenvalue weighted by Crippen LogP contribution is 2.22. The van der Waals surface area contributed by atoms with Crippen LogP contribution in [0.25, 0.3) is 10.9 Å². The van der Waals surface area contributed by atoms with Crippen LogP contribution in [-0.2, 0) is 14.4 Å². The maximum Gasteiger partial charge on any atom is 0.268 e. The minimum atomic E-state index is -3.36. The van der Waals surface area contributed by atoms with Crippen LogP contribution in [-0.4, -0.2) is 64.8 Å². The lowest BCUT2D eigenvalue weighted by Crippen LogP contribution is -2.54. The molecule has 5 N–H and O–H groups in total. The highest BCUT2D eigenvalue weighted by atomic mass is 19.3. The first kappa shape index (κ1) is 25.2. The van der Waals surface area contributed by atoms with E-state index >= 15 is 0 Å². The van der Waals surface area contributed by atoms with E-state index in [1.54, 1.807) is 6.07 Å². The molecule has 0 radical (unpaired) electrons. The summed E-state index contributed by atoms with van der Waals surface area (Å²) in [4.78, 5) is 52.1. The fraction of sp³-hybridized carbons (Fsp3) is 0.455. The van der Waals surface area contributed by atoms with Crippen molar-refractivity contribution in [3.05, 3.63) is 35.8 Å². The third-order valence-corrected chi connectivity index (χ3v) is 5.58. The van der Waals surface area contributed by atoms with Crippen LogP contribution in [0, 0.1) is 11.7 Å². The largest absolute Gasteiger partial charge is 0.389 e. The molecule has 3 atom stereocenters. The second kappa shape index (κ2) is 10.2. The molecule has 0 bridgehead atoms. The van der Waals surface area contributed by atoms with Gasteiger partial charge in [0.05, 0.1) is 11.6 Å². The van der Waals surface area contributed by atoms with Gasteiger partial charge in [-0.2, -0.15) is 0 Å². The fourth-order valence-corrected chi connectivity index (χ4v) is 3.85. The van der Waals surface area contributed by atoms with Crippen LogP contribution in [0.3, 0.4) is 0 Å². The number of amides is 3. The Morgan fingerprint density at radius 1 is 1.24 bits per heavy atom. The summed E-state index contributed by atoms with van der Waals surface area (Å²) in [6, 6.07) is 2.40. The Bertz CT molecular complexity index is 1100. The molecule has 3 amide bonds. The van der Waals surface area contributed by atoms with Gasteiger partial charge in [-0.3, -0.25) is 19.2 Å². The molecule has 184 valence electrons. The minimum Gasteiger partial charge on any atom is -0.389 e. The number of aliphatic hydroxyl groups excluding tert-OH is 1. The number of hydrogen-bond donors (Lipinski definition) is 5. The number of hydrogen-bond acceptors (Lipinski definition) is 5. The van der Waals surface area contributed by atoms with E-state index in [-0.39, 0.29) is 23.5 Å². The van der Waals surface area contributed by atoms with Gasteiger partial charge in [0.15, 0.2) is 5.78 Å². The van der Waals surface area contributed by atoms with E-state index < -0.39 is 60.4 Å². The van der Waals surface area contributed by atoms with Crippen LogP contribution in [0.5, 0.6) is 0 Å². The molecule has 0 aliphatic carbocycles. The van der Waals surface area contributed by atoms with Crippen molar-refractivity contribution in [2.75, 3.05) is 13.2 Å². The third-order valence-electron chi connectivity index (χ3n) is 5.58. The Morgan fingerprint density at radius 3 is 2.56 bits per heavy atom. The number of H-pyrrole nitrogens is 1. The number of ketones is 1. The monoisotopic (exact) mass is 482 g/mol. The molecule has 1 aliphatic heterocycles. The van der Waals surface area contributed by atoms with Gasteiger partial charge in [0.1, 0.15) is 24.2 Å². The van der Waals surface area contributed by atoms with E-state index in [9.17, 15) is 37.5 Å². The SMILES string of the molecule is CC(F)(F)C[C@H](NC(=O)c1cc2cccc(F)c2[nH]1)C(=O)N[C@@H](C[C@@H]1CCNC1=O)C(=O)CO. The van der Waals surface area contributed by atoms with Gasteiger partial charge in [-0.1, -0.05) is 12.1 Å². The van der Waals surface area contributed by atoms with E-state index in [2.05, 4.69) is 20.9 Å². The average molecular weight is 482 g/mol. The quantitative estimate of drug-likeness (QED) is 0.344. The molecule has 3 rings (SSSR count). The second-order valence-electron chi connectivity index (χ2n) is 8.39. The molecule has 12 heteroatoms. The number of carbonyl (C=O) groups excluding carboxylic acids is 4. The van der Waals surface area contributed by atoms with Crippen LogP contribution in [0.2, 0.25) is 0 Å². The molecule has 0 spiro atoms.